The quantitative estimate of drug-likeness (QED) is 0.244. The predicted octanol–water partition coefficient (Wildman–Crippen LogP) is 5.05. The molecule has 1 aliphatic heterocycles. The molecule has 4 N–H and O–H groups in total. The minimum Gasteiger partial charge on any atom is -0.384 e. The van der Waals surface area contributed by atoms with Crippen LogP contribution in [0.2, 0.25) is 0 Å². The smallest absolute Gasteiger partial charge is 0.161 e. The molecule has 0 saturated carbocycles. The Balaban J connectivity index is 1.72. The van der Waals surface area contributed by atoms with E-state index >= 15 is 0 Å². The molecule has 0 amide bonds. The number of benzene rings is 1. The van der Waals surface area contributed by atoms with E-state index in [-0.39, 0.29) is 6.17 Å². The number of aromatic nitrogens is 3. The highest BCUT2D eigenvalue weighted by Gasteiger charge is 2.29. The van der Waals surface area contributed by atoms with Gasteiger partial charge in [0, 0.05) is 29.9 Å². The molecule has 0 spiro atoms. The van der Waals surface area contributed by atoms with Crippen molar-refractivity contribution in [3.63, 3.8) is 0 Å². The number of pyridine rings is 1. The van der Waals surface area contributed by atoms with E-state index in [0.717, 1.165) is 39.0 Å². The molecule has 3 aromatic rings. The van der Waals surface area contributed by atoms with Gasteiger partial charge >= 0.3 is 0 Å². The molecule has 146 valence electrons. The van der Waals surface area contributed by atoms with Crippen LogP contribution < -0.4 is 21.0 Å². The number of thioether (sulfide) groups is 1. The first-order chi connectivity index (χ1) is 13.5. The van der Waals surface area contributed by atoms with Crippen LogP contribution in [0.1, 0.15) is 6.92 Å². The third-order valence-corrected chi connectivity index (χ3v) is 7.78. The van der Waals surface area contributed by atoms with Gasteiger partial charge in [0.05, 0.1) is 29.6 Å². The summed E-state index contributed by atoms with van der Waals surface area (Å²) in [6, 6.07) is 8.28. The summed E-state index contributed by atoms with van der Waals surface area (Å²) < 4.78 is 4.24. The van der Waals surface area contributed by atoms with E-state index in [1.54, 1.807) is 11.8 Å². The fourth-order valence-electron chi connectivity index (χ4n) is 3.27. The Morgan fingerprint density at radius 3 is 2.82 bits per heavy atom. The Kier molecular flexibility index (Phi) is 5.57. The van der Waals surface area contributed by atoms with E-state index in [1.165, 1.54) is 0 Å². The third kappa shape index (κ3) is 3.51. The topological polar surface area (TPSA) is 84.0 Å². The number of halogens is 1. The van der Waals surface area contributed by atoms with Gasteiger partial charge in [0.15, 0.2) is 5.82 Å². The molecule has 3 heterocycles. The monoisotopic (exact) mass is 525 g/mol. The van der Waals surface area contributed by atoms with Crippen molar-refractivity contribution in [1.82, 2.24) is 14.5 Å². The zero-order valence-electron chi connectivity index (χ0n) is 15.7. The van der Waals surface area contributed by atoms with Crippen LogP contribution >= 0.6 is 40.2 Å². The van der Waals surface area contributed by atoms with E-state index < -0.39 is 0 Å². The van der Waals surface area contributed by atoms with E-state index in [4.69, 9.17) is 5.73 Å². The number of rotatable bonds is 5. The lowest BCUT2D eigenvalue weighted by molar-refractivity contribution is 0.886. The molecule has 7 nitrogen and oxygen atoms in total. The van der Waals surface area contributed by atoms with Gasteiger partial charge in [-0.1, -0.05) is 6.07 Å². The van der Waals surface area contributed by atoms with Gasteiger partial charge in [-0.25, -0.2) is 9.97 Å². The maximum Gasteiger partial charge on any atom is 0.161 e. The molecule has 2 unspecified atom stereocenters. The number of nitrogen functional groups attached to an aromatic ring is 1. The number of aryl methyl sites for hydroxylation is 1. The summed E-state index contributed by atoms with van der Waals surface area (Å²) >= 11 is 4.08. The van der Waals surface area contributed by atoms with Gasteiger partial charge < -0.3 is 25.6 Å². The van der Waals surface area contributed by atoms with E-state index in [9.17, 15) is 0 Å². The lowest BCUT2D eigenvalue weighted by Crippen LogP contribution is -2.24. The normalized spacial score (nSPS) is 15.9. The lowest BCUT2D eigenvalue weighted by Gasteiger charge is -2.19. The molecule has 4 rings (SSSR count). The Morgan fingerprint density at radius 2 is 2.14 bits per heavy atom. The van der Waals surface area contributed by atoms with Crippen molar-refractivity contribution in [2.75, 3.05) is 27.3 Å². The summed E-state index contributed by atoms with van der Waals surface area (Å²) in [4.78, 5) is 9.92. The van der Waals surface area contributed by atoms with Gasteiger partial charge in [-0.15, -0.1) is 11.8 Å². The van der Waals surface area contributed by atoms with E-state index in [2.05, 4.69) is 78.7 Å². The number of nitrogens with two attached hydrogens (primary N) is 1. The molecule has 2 atom stereocenters. The van der Waals surface area contributed by atoms with Crippen LogP contribution in [0.25, 0.3) is 11.3 Å². The number of hydrogen-bond acceptors (Lipinski definition) is 7. The average Bonchev–Trinajstić information content (AvgIpc) is 3.24. The number of nitrogens with zero attached hydrogens (tertiary/aromatic N) is 4. The maximum absolute atomic E-state index is 6.10. The van der Waals surface area contributed by atoms with Crippen LogP contribution in [0, 0.1) is 0 Å². The first-order valence-electron chi connectivity index (χ1n) is 8.66. The average molecular weight is 525 g/mol. The van der Waals surface area contributed by atoms with Crippen LogP contribution in [0.4, 0.5) is 28.7 Å². The van der Waals surface area contributed by atoms with Gasteiger partial charge in [0.1, 0.15) is 17.7 Å². The van der Waals surface area contributed by atoms with Crippen molar-refractivity contribution in [1.29, 1.82) is 0 Å². The van der Waals surface area contributed by atoms with Crippen molar-refractivity contribution in [3.8, 4) is 11.3 Å². The summed E-state index contributed by atoms with van der Waals surface area (Å²) in [5.74, 6) is 1.41. The van der Waals surface area contributed by atoms with Crippen LogP contribution in [0.3, 0.4) is 0 Å². The molecule has 1 aromatic carbocycles. The Bertz CT molecular complexity index is 1030. The molecular weight excluding hydrogens is 504 g/mol. The Morgan fingerprint density at radius 1 is 1.32 bits per heavy atom. The molecule has 0 aliphatic carbocycles. The third-order valence-electron chi connectivity index (χ3n) is 4.66. The highest BCUT2D eigenvalue weighted by Crippen LogP contribution is 2.48. The summed E-state index contributed by atoms with van der Waals surface area (Å²) in [6.07, 6.45) is 6.55. The number of imidazole rings is 1. The van der Waals surface area contributed by atoms with Crippen molar-refractivity contribution in [2.24, 2.45) is 7.05 Å². The lowest BCUT2D eigenvalue weighted by atomic mass is 10.1. The number of hydrogen-bond donors (Lipinski definition) is 3. The molecule has 1 aliphatic rings. The predicted molar refractivity (Wildman–Crippen MR) is 130 cm³/mol. The fraction of sp³-hybridized carbons (Fsp3) is 0.222. The van der Waals surface area contributed by atoms with Crippen LogP contribution in [-0.2, 0) is 7.05 Å². The first-order valence-corrected chi connectivity index (χ1v) is 13.9. The minimum atomic E-state index is 0.187. The van der Waals surface area contributed by atoms with Gasteiger partial charge in [-0.3, -0.25) is 0 Å². The largest absolute Gasteiger partial charge is 0.384 e. The molecule has 0 bridgehead atoms. The highest BCUT2D eigenvalue weighted by atomic mass is 127. The number of fused-ring (bicyclic) bond motifs is 1. The summed E-state index contributed by atoms with van der Waals surface area (Å²) in [7, 11) is 2.00. The second kappa shape index (κ2) is 7.96. The summed E-state index contributed by atoms with van der Waals surface area (Å²) in [5, 5.41) is 7.09. The fourth-order valence-corrected chi connectivity index (χ4v) is 6.25. The zero-order chi connectivity index (χ0) is 19.8. The van der Waals surface area contributed by atoms with Gasteiger partial charge in [0.25, 0.3) is 0 Å². The molecule has 0 fully saturated rings. The first kappa shape index (κ1) is 19.6. The molecular formula is C18H21IN7PS. The molecule has 2 aromatic heterocycles. The van der Waals surface area contributed by atoms with E-state index in [1.807, 2.05) is 30.2 Å². The maximum atomic E-state index is 6.10. The second-order valence-electron chi connectivity index (χ2n) is 6.50. The minimum absolute atomic E-state index is 0.187. The van der Waals surface area contributed by atoms with Gasteiger partial charge in [-0.05, 0) is 47.4 Å². The van der Waals surface area contributed by atoms with Gasteiger partial charge in [-0.2, -0.15) is 0 Å². The molecule has 10 heteroatoms. The SMILES string of the molecule is CSc1cc(-c2cncn2C)ccc1Nc1cc(N)nc2c1NC(C)N2PI. The highest BCUT2D eigenvalue weighted by molar-refractivity contribution is 14.2. The zero-order valence-corrected chi connectivity index (χ0v) is 19.7. The number of nitrogens with one attached hydrogen (secondary N) is 2. The standard InChI is InChI=1S/C18H21IN7PS/c1-10-22-17-13(7-16(20)24-18(17)26(10)27-19)23-12-5-4-11(6-15(12)28-3)14-8-21-9-25(14)2/h4-10,22,27H,1-3H3,(H3,20,23,24). The molecule has 0 saturated heterocycles. The molecule has 0 radical (unpaired) electrons. The molecule has 28 heavy (non-hydrogen) atoms. The second-order valence-corrected chi connectivity index (χ2v) is 9.44. The van der Waals surface area contributed by atoms with Crippen LogP contribution in [-0.4, -0.2) is 27.0 Å². The van der Waals surface area contributed by atoms with Crippen LogP contribution in [0.15, 0.2) is 41.7 Å². The number of anilines is 5. The van der Waals surface area contributed by atoms with Crippen molar-refractivity contribution >= 4 is 68.9 Å². The van der Waals surface area contributed by atoms with Crippen molar-refractivity contribution in [3.05, 3.63) is 36.8 Å². The summed E-state index contributed by atoms with van der Waals surface area (Å²) in [6.45, 7) is 2.13. The Labute approximate surface area is 183 Å². The van der Waals surface area contributed by atoms with Gasteiger partial charge in [0.2, 0.25) is 0 Å². The summed E-state index contributed by atoms with van der Waals surface area (Å²) in [5.41, 5.74) is 11.3. The van der Waals surface area contributed by atoms with Crippen molar-refractivity contribution < 1.29 is 0 Å². The van der Waals surface area contributed by atoms with Crippen molar-refractivity contribution in [2.45, 2.75) is 18.0 Å². The van der Waals surface area contributed by atoms with E-state index in [0.29, 0.717) is 12.2 Å². The van der Waals surface area contributed by atoms with Crippen LogP contribution in [0.5, 0.6) is 0 Å². The Hall–Kier alpha value is -1.71.